The largest absolute Gasteiger partial charge is 0.381 e. The van der Waals surface area contributed by atoms with E-state index in [9.17, 15) is 0 Å². The van der Waals surface area contributed by atoms with E-state index >= 15 is 0 Å². The quantitative estimate of drug-likeness (QED) is 0.657. The van der Waals surface area contributed by atoms with E-state index in [1.807, 2.05) is 12.3 Å². The van der Waals surface area contributed by atoms with Crippen LogP contribution in [0.1, 0.15) is 43.0 Å². The van der Waals surface area contributed by atoms with Crippen molar-refractivity contribution in [3.8, 4) is 0 Å². The zero-order valence-electron chi connectivity index (χ0n) is 12.7. The molecule has 3 heterocycles. The highest BCUT2D eigenvalue weighted by atomic mass is 16.5. The van der Waals surface area contributed by atoms with Gasteiger partial charge in [-0.3, -0.25) is 16.3 Å². The summed E-state index contributed by atoms with van der Waals surface area (Å²) >= 11 is 0. The van der Waals surface area contributed by atoms with Gasteiger partial charge in [0.2, 0.25) is 0 Å². The molecule has 5 nitrogen and oxygen atoms in total. The Bertz CT molecular complexity index is 469. The van der Waals surface area contributed by atoms with Crippen LogP contribution in [0.5, 0.6) is 0 Å². The van der Waals surface area contributed by atoms with Gasteiger partial charge in [0.1, 0.15) is 0 Å². The monoisotopic (exact) mass is 291 g/mol. The van der Waals surface area contributed by atoms with Crippen LogP contribution in [0.2, 0.25) is 0 Å². The summed E-state index contributed by atoms with van der Waals surface area (Å²) < 4.78 is 11.6. The SMILES string of the molecule is Cc1ccnc(C(NN)C2CCOC3(CCOCC3)C2)c1. The Labute approximate surface area is 126 Å². The Morgan fingerprint density at radius 2 is 2.19 bits per heavy atom. The second-order valence-electron chi connectivity index (χ2n) is 6.30. The number of nitrogens with one attached hydrogen (secondary N) is 1. The minimum absolute atomic E-state index is 0.0138. The third kappa shape index (κ3) is 3.26. The highest BCUT2D eigenvalue weighted by Gasteiger charge is 2.41. The number of hydrazine groups is 1. The van der Waals surface area contributed by atoms with Gasteiger partial charge in [0.05, 0.1) is 17.3 Å². The van der Waals surface area contributed by atoms with Crippen LogP contribution >= 0.6 is 0 Å². The molecule has 2 atom stereocenters. The van der Waals surface area contributed by atoms with Crippen molar-refractivity contribution in [1.82, 2.24) is 10.4 Å². The molecule has 1 spiro atoms. The van der Waals surface area contributed by atoms with Crippen molar-refractivity contribution in [2.24, 2.45) is 11.8 Å². The summed E-state index contributed by atoms with van der Waals surface area (Å²) in [5.74, 6) is 6.30. The van der Waals surface area contributed by atoms with Crippen LogP contribution in [0, 0.1) is 12.8 Å². The molecule has 0 radical (unpaired) electrons. The van der Waals surface area contributed by atoms with Gasteiger partial charge < -0.3 is 9.47 Å². The Hall–Kier alpha value is -1.01. The van der Waals surface area contributed by atoms with Crippen molar-refractivity contribution in [2.75, 3.05) is 19.8 Å². The summed E-state index contributed by atoms with van der Waals surface area (Å²) in [5.41, 5.74) is 5.22. The van der Waals surface area contributed by atoms with E-state index in [2.05, 4.69) is 23.4 Å². The van der Waals surface area contributed by atoms with Gasteiger partial charge in [-0.1, -0.05) is 0 Å². The second-order valence-corrected chi connectivity index (χ2v) is 6.30. The number of aromatic nitrogens is 1. The number of nitrogens with zero attached hydrogens (tertiary/aromatic N) is 1. The van der Waals surface area contributed by atoms with Crippen molar-refractivity contribution in [3.63, 3.8) is 0 Å². The van der Waals surface area contributed by atoms with Gasteiger partial charge in [0, 0.05) is 26.0 Å². The van der Waals surface area contributed by atoms with Crippen molar-refractivity contribution in [1.29, 1.82) is 0 Å². The summed E-state index contributed by atoms with van der Waals surface area (Å²) in [4.78, 5) is 4.51. The topological polar surface area (TPSA) is 69.4 Å². The van der Waals surface area contributed by atoms with Crippen molar-refractivity contribution < 1.29 is 9.47 Å². The molecule has 3 N–H and O–H groups in total. The first-order valence-electron chi connectivity index (χ1n) is 7.83. The molecule has 0 aliphatic carbocycles. The smallest absolute Gasteiger partial charge is 0.0729 e. The van der Waals surface area contributed by atoms with Gasteiger partial charge in [0.25, 0.3) is 0 Å². The molecule has 5 heteroatoms. The molecular weight excluding hydrogens is 266 g/mol. The lowest BCUT2D eigenvalue weighted by molar-refractivity contribution is -0.150. The third-order valence-corrected chi connectivity index (χ3v) is 4.84. The Morgan fingerprint density at radius 1 is 1.38 bits per heavy atom. The average molecular weight is 291 g/mol. The minimum Gasteiger partial charge on any atom is -0.381 e. The Kier molecular flexibility index (Phi) is 4.54. The summed E-state index contributed by atoms with van der Waals surface area (Å²) in [6, 6.07) is 4.23. The molecule has 2 unspecified atom stereocenters. The number of rotatable bonds is 3. The Balaban J connectivity index is 1.77. The standard InChI is InChI=1S/C16H25N3O2/c1-12-2-6-18-14(10-12)15(19-17)13-3-7-21-16(11-13)4-8-20-9-5-16/h2,6,10,13,15,19H,3-5,7-9,11,17H2,1H3. The molecule has 1 aromatic rings. The molecular formula is C16H25N3O2. The van der Waals surface area contributed by atoms with Gasteiger partial charge in [0.15, 0.2) is 0 Å². The van der Waals surface area contributed by atoms with Crippen LogP contribution < -0.4 is 11.3 Å². The number of pyridine rings is 1. The van der Waals surface area contributed by atoms with Gasteiger partial charge in [-0.15, -0.1) is 0 Å². The van der Waals surface area contributed by atoms with Gasteiger partial charge >= 0.3 is 0 Å². The van der Waals surface area contributed by atoms with Gasteiger partial charge in [-0.25, -0.2) is 0 Å². The molecule has 2 aliphatic heterocycles. The van der Waals surface area contributed by atoms with Crippen LogP contribution in [0.15, 0.2) is 18.3 Å². The maximum atomic E-state index is 6.12. The maximum absolute atomic E-state index is 6.12. The zero-order chi connectivity index (χ0) is 14.7. The zero-order valence-corrected chi connectivity index (χ0v) is 12.7. The molecule has 0 bridgehead atoms. The summed E-state index contributed by atoms with van der Waals surface area (Å²) in [5, 5.41) is 0. The maximum Gasteiger partial charge on any atom is 0.0729 e. The second kappa shape index (κ2) is 6.40. The lowest BCUT2D eigenvalue weighted by atomic mass is 9.77. The molecule has 0 aromatic carbocycles. The van der Waals surface area contributed by atoms with E-state index in [-0.39, 0.29) is 11.6 Å². The molecule has 3 rings (SSSR count). The first-order valence-corrected chi connectivity index (χ1v) is 7.83. The first-order chi connectivity index (χ1) is 10.2. The molecule has 0 saturated carbocycles. The third-order valence-electron chi connectivity index (χ3n) is 4.84. The van der Waals surface area contributed by atoms with Crippen LogP contribution in [0.4, 0.5) is 0 Å². The van der Waals surface area contributed by atoms with Crippen LogP contribution in [0.25, 0.3) is 0 Å². The molecule has 116 valence electrons. The van der Waals surface area contributed by atoms with Crippen molar-refractivity contribution in [2.45, 2.75) is 44.2 Å². The molecule has 0 amide bonds. The average Bonchev–Trinajstić information content (AvgIpc) is 2.49. The lowest BCUT2D eigenvalue weighted by Crippen LogP contribution is -2.47. The summed E-state index contributed by atoms with van der Waals surface area (Å²) in [7, 11) is 0. The molecule has 21 heavy (non-hydrogen) atoms. The van der Waals surface area contributed by atoms with E-state index in [4.69, 9.17) is 15.3 Å². The molecule has 2 aliphatic rings. The van der Waals surface area contributed by atoms with E-state index < -0.39 is 0 Å². The predicted molar refractivity (Wildman–Crippen MR) is 80.5 cm³/mol. The highest BCUT2D eigenvalue weighted by Crippen LogP contribution is 2.41. The summed E-state index contributed by atoms with van der Waals surface area (Å²) in [6.45, 7) is 4.49. The van der Waals surface area contributed by atoms with Crippen LogP contribution in [-0.4, -0.2) is 30.4 Å². The molecule has 2 saturated heterocycles. The van der Waals surface area contributed by atoms with Crippen LogP contribution in [0.3, 0.4) is 0 Å². The lowest BCUT2D eigenvalue weighted by Gasteiger charge is -2.45. The summed E-state index contributed by atoms with van der Waals surface area (Å²) in [6.07, 6.45) is 5.89. The normalized spacial score (nSPS) is 26.7. The molecule has 1 aromatic heterocycles. The highest BCUT2D eigenvalue weighted by molar-refractivity contribution is 5.18. The van der Waals surface area contributed by atoms with Gasteiger partial charge in [-0.2, -0.15) is 0 Å². The first kappa shape index (κ1) is 14.9. The number of ether oxygens (including phenoxy) is 2. The van der Waals surface area contributed by atoms with E-state index in [0.717, 1.165) is 51.2 Å². The van der Waals surface area contributed by atoms with Crippen molar-refractivity contribution >= 4 is 0 Å². The minimum atomic E-state index is -0.0138. The van der Waals surface area contributed by atoms with E-state index in [1.54, 1.807) is 0 Å². The number of nitrogens with two attached hydrogens (primary N) is 1. The fourth-order valence-corrected chi connectivity index (χ4v) is 3.63. The molecule has 2 fully saturated rings. The van der Waals surface area contributed by atoms with Crippen LogP contribution in [-0.2, 0) is 9.47 Å². The number of hydrogen-bond acceptors (Lipinski definition) is 5. The van der Waals surface area contributed by atoms with E-state index in [1.165, 1.54) is 5.56 Å². The predicted octanol–water partition coefficient (Wildman–Crippen LogP) is 1.87. The fraction of sp³-hybridized carbons (Fsp3) is 0.688. The number of aryl methyl sites for hydroxylation is 1. The fourth-order valence-electron chi connectivity index (χ4n) is 3.63. The van der Waals surface area contributed by atoms with Crippen molar-refractivity contribution in [3.05, 3.63) is 29.6 Å². The van der Waals surface area contributed by atoms with E-state index in [0.29, 0.717) is 5.92 Å². The van der Waals surface area contributed by atoms with Gasteiger partial charge in [-0.05, 0) is 56.2 Å². The Morgan fingerprint density at radius 3 is 2.90 bits per heavy atom. The number of hydrogen-bond donors (Lipinski definition) is 2.